The van der Waals surface area contributed by atoms with Crippen LogP contribution in [0.5, 0.6) is 11.5 Å². The number of aryl methyl sites for hydroxylation is 2. The maximum absolute atomic E-state index is 12.6. The molecule has 2 aromatic rings. The van der Waals surface area contributed by atoms with Gasteiger partial charge in [0, 0.05) is 49.4 Å². The van der Waals surface area contributed by atoms with Gasteiger partial charge in [0.25, 0.3) is 0 Å². The lowest BCUT2D eigenvalue weighted by Crippen LogP contribution is -2.38. The minimum Gasteiger partial charge on any atom is -0.497 e. The van der Waals surface area contributed by atoms with Gasteiger partial charge in [-0.25, -0.2) is 4.79 Å². The van der Waals surface area contributed by atoms with Crippen molar-refractivity contribution < 1.29 is 14.3 Å². The van der Waals surface area contributed by atoms with Crippen LogP contribution in [0.2, 0.25) is 0 Å². The van der Waals surface area contributed by atoms with Crippen molar-refractivity contribution in [3.05, 3.63) is 41.2 Å². The van der Waals surface area contributed by atoms with Crippen molar-refractivity contribution in [3.63, 3.8) is 0 Å². The van der Waals surface area contributed by atoms with Gasteiger partial charge in [-0.2, -0.15) is 5.10 Å². The van der Waals surface area contributed by atoms with Gasteiger partial charge in [-0.05, 0) is 38.5 Å². The molecule has 146 valence electrons. The van der Waals surface area contributed by atoms with E-state index in [4.69, 9.17) is 9.47 Å². The van der Waals surface area contributed by atoms with Gasteiger partial charge in [-0.15, -0.1) is 0 Å². The molecule has 1 aliphatic heterocycles. The Labute approximate surface area is 160 Å². The molecular weight excluding hydrogens is 344 g/mol. The standard InChI is InChI=1S/C20H28N4O3/c1-5-24-13-16(14(2)22-24)11-21-20(25)23-9-8-15(12-23)18-10-17(26-3)6-7-19(18)27-4/h6-7,10,13,15H,5,8-9,11-12H2,1-4H3,(H,21,25)/t15-/m1/s1. The van der Waals surface area contributed by atoms with Crippen molar-refractivity contribution in [1.29, 1.82) is 0 Å². The number of nitrogens with one attached hydrogen (secondary N) is 1. The Morgan fingerprint density at radius 3 is 2.81 bits per heavy atom. The summed E-state index contributed by atoms with van der Waals surface area (Å²) in [7, 11) is 3.33. The van der Waals surface area contributed by atoms with Crippen LogP contribution in [0, 0.1) is 6.92 Å². The molecule has 1 aromatic heterocycles. The van der Waals surface area contributed by atoms with E-state index in [1.54, 1.807) is 14.2 Å². The zero-order valence-corrected chi connectivity index (χ0v) is 16.5. The monoisotopic (exact) mass is 372 g/mol. The summed E-state index contributed by atoms with van der Waals surface area (Å²) >= 11 is 0. The number of hydrogen-bond donors (Lipinski definition) is 1. The summed E-state index contributed by atoms with van der Waals surface area (Å²) in [6.07, 6.45) is 2.90. The highest BCUT2D eigenvalue weighted by Crippen LogP contribution is 2.35. The van der Waals surface area contributed by atoms with E-state index in [-0.39, 0.29) is 11.9 Å². The molecule has 0 radical (unpaired) electrons. The number of methoxy groups -OCH3 is 2. The molecule has 2 amide bonds. The van der Waals surface area contributed by atoms with Gasteiger partial charge in [-0.1, -0.05) is 0 Å². The average molecular weight is 372 g/mol. The van der Waals surface area contributed by atoms with Crippen LogP contribution in [0.4, 0.5) is 4.79 Å². The number of amides is 2. The van der Waals surface area contributed by atoms with Crippen LogP contribution in [0.1, 0.15) is 36.1 Å². The number of nitrogens with zero attached hydrogens (tertiary/aromatic N) is 3. The minimum atomic E-state index is -0.0389. The van der Waals surface area contributed by atoms with Gasteiger partial charge in [-0.3, -0.25) is 4.68 Å². The van der Waals surface area contributed by atoms with E-state index in [2.05, 4.69) is 10.4 Å². The number of likely N-dealkylation sites (tertiary alicyclic amines) is 1. The molecule has 1 fully saturated rings. The topological polar surface area (TPSA) is 68.6 Å². The molecule has 0 spiro atoms. The van der Waals surface area contributed by atoms with Gasteiger partial charge in [0.1, 0.15) is 11.5 Å². The summed E-state index contributed by atoms with van der Waals surface area (Å²) < 4.78 is 12.7. The molecule has 2 heterocycles. The fourth-order valence-electron chi connectivity index (χ4n) is 3.53. The number of carbonyl (C=O) groups excluding carboxylic acids is 1. The first kappa shape index (κ1) is 19.1. The lowest BCUT2D eigenvalue weighted by atomic mass is 9.97. The van der Waals surface area contributed by atoms with Gasteiger partial charge in [0.15, 0.2) is 0 Å². The maximum atomic E-state index is 12.6. The molecule has 0 unspecified atom stereocenters. The molecular formula is C20H28N4O3. The molecule has 1 N–H and O–H groups in total. The summed E-state index contributed by atoms with van der Waals surface area (Å²) in [4.78, 5) is 14.5. The third kappa shape index (κ3) is 4.18. The van der Waals surface area contributed by atoms with Crippen LogP contribution in [-0.4, -0.2) is 48.0 Å². The van der Waals surface area contributed by atoms with Gasteiger partial charge in [0.2, 0.25) is 0 Å². The molecule has 27 heavy (non-hydrogen) atoms. The lowest BCUT2D eigenvalue weighted by Gasteiger charge is -2.19. The fourth-order valence-corrected chi connectivity index (χ4v) is 3.53. The van der Waals surface area contributed by atoms with E-state index in [9.17, 15) is 4.79 Å². The van der Waals surface area contributed by atoms with Crippen molar-refractivity contribution in [1.82, 2.24) is 20.0 Å². The van der Waals surface area contributed by atoms with Crippen LogP contribution in [0.15, 0.2) is 24.4 Å². The van der Waals surface area contributed by atoms with Gasteiger partial charge < -0.3 is 19.7 Å². The highest BCUT2D eigenvalue weighted by atomic mass is 16.5. The number of hydrogen-bond acceptors (Lipinski definition) is 4. The first-order chi connectivity index (χ1) is 13.0. The second kappa shape index (κ2) is 8.33. The van der Waals surface area contributed by atoms with Crippen LogP contribution in [-0.2, 0) is 13.1 Å². The third-order valence-electron chi connectivity index (χ3n) is 5.15. The van der Waals surface area contributed by atoms with Crippen molar-refractivity contribution in [2.45, 2.75) is 39.3 Å². The van der Waals surface area contributed by atoms with E-state index >= 15 is 0 Å². The minimum absolute atomic E-state index is 0.0389. The number of carbonyl (C=O) groups is 1. The van der Waals surface area contributed by atoms with E-state index in [1.165, 1.54) is 0 Å². The Balaban J connectivity index is 1.62. The van der Waals surface area contributed by atoms with E-state index in [0.717, 1.165) is 47.8 Å². The predicted octanol–water partition coefficient (Wildman–Crippen LogP) is 2.93. The van der Waals surface area contributed by atoms with Crippen LogP contribution in [0.25, 0.3) is 0 Å². The number of ether oxygens (including phenoxy) is 2. The number of aromatic nitrogens is 2. The SMILES string of the molecule is CCn1cc(CNC(=O)N2CC[C@@H](c3cc(OC)ccc3OC)C2)c(C)n1. The normalized spacial score (nSPS) is 16.4. The number of urea groups is 1. The smallest absolute Gasteiger partial charge is 0.317 e. The zero-order chi connectivity index (χ0) is 19.4. The highest BCUT2D eigenvalue weighted by molar-refractivity contribution is 5.74. The van der Waals surface area contributed by atoms with Crippen molar-refractivity contribution >= 4 is 6.03 Å². The highest BCUT2D eigenvalue weighted by Gasteiger charge is 2.29. The average Bonchev–Trinajstić information content (AvgIpc) is 3.32. The molecule has 0 saturated carbocycles. The maximum Gasteiger partial charge on any atom is 0.317 e. The molecule has 1 aromatic carbocycles. The molecule has 7 heteroatoms. The van der Waals surface area contributed by atoms with Crippen LogP contribution in [0.3, 0.4) is 0 Å². The number of rotatable bonds is 6. The van der Waals surface area contributed by atoms with Gasteiger partial charge >= 0.3 is 6.03 Å². The second-order valence-corrected chi connectivity index (χ2v) is 6.79. The summed E-state index contributed by atoms with van der Waals surface area (Å²) in [6, 6.07) is 5.78. The second-order valence-electron chi connectivity index (χ2n) is 6.79. The van der Waals surface area contributed by atoms with Crippen molar-refractivity contribution in [2.24, 2.45) is 0 Å². The quantitative estimate of drug-likeness (QED) is 0.847. The molecule has 1 atom stereocenters. The fraction of sp³-hybridized carbons (Fsp3) is 0.500. The zero-order valence-electron chi connectivity index (χ0n) is 16.5. The van der Waals surface area contributed by atoms with E-state index in [1.807, 2.05) is 47.8 Å². The summed E-state index contributed by atoms with van der Waals surface area (Å²) in [5.41, 5.74) is 3.10. The molecule has 7 nitrogen and oxygen atoms in total. The Morgan fingerprint density at radius 2 is 2.15 bits per heavy atom. The largest absolute Gasteiger partial charge is 0.497 e. The molecule has 1 saturated heterocycles. The van der Waals surface area contributed by atoms with Gasteiger partial charge in [0.05, 0.1) is 19.9 Å². The summed E-state index contributed by atoms with van der Waals surface area (Å²) in [6.45, 7) is 6.73. The molecule has 0 bridgehead atoms. The summed E-state index contributed by atoms with van der Waals surface area (Å²) in [5, 5.41) is 7.44. The van der Waals surface area contributed by atoms with Crippen molar-refractivity contribution in [3.8, 4) is 11.5 Å². The van der Waals surface area contributed by atoms with Crippen LogP contribution < -0.4 is 14.8 Å². The number of benzene rings is 1. The Hall–Kier alpha value is -2.70. The molecule has 3 rings (SSSR count). The Morgan fingerprint density at radius 1 is 1.33 bits per heavy atom. The Bertz CT molecular complexity index is 803. The van der Waals surface area contributed by atoms with E-state index in [0.29, 0.717) is 13.1 Å². The first-order valence-electron chi connectivity index (χ1n) is 9.33. The van der Waals surface area contributed by atoms with Crippen molar-refractivity contribution in [2.75, 3.05) is 27.3 Å². The van der Waals surface area contributed by atoms with E-state index < -0.39 is 0 Å². The molecule has 1 aliphatic rings. The first-order valence-corrected chi connectivity index (χ1v) is 9.33. The predicted molar refractivity (Wildman–Crippen MR) is 103 cm³/mol. The third-order valence-corrected chi connectivity index (χ3v) is 5.15. The summed E-state index contributed by atoms with van der Waals surface area (Å²) in [5.74, 6) is 1.88. The lowest BCUT2D eigenvalue weighted by molar-refractivity contribution is 0.207. The van der Waals surface area contributed by atoms with Crippen LogP contribution >= 0.6 is 0 Å². The Kier molecular flexibility index (Phi) is 5.88. The molecule has 0 aliphatic carbocycles.